The van der Waals surface area contributed by atoms with Crippen molar-refractivity contribution in [3.8, 4) is 16.9 Å². The van der Waals surface area contributed by atoms with Crippen molar-refractivity contribution >= 4 is 10.9 Å². The zero-order chi connectivity index (χ0) is 20.5. The number of aliphatic hydroxyl groups excluding tert-OH is 4. The van der Waals surface area contributed by atoms with Gasteiger partial charge in [0.25, 0.3) is 5.56 Å². The van der Waals surface area contributed by atoms with Crippen LogP contribution in [0.2, 0.25) is 0 Å². The summed E-state index contributed by atoms with van der Waals surface area (Å²) in [6.45, 7) is -0.577. The standard InChI is InChI=1S/C21H21NO7/c23-10-14-16(24)17(25)18(26)21(28-14)29-19-12-8-4-5-9-13(12)22-20(27)15(19)11-6-2-1-3-7-11/h1-9,14,16-18,21,23-26H,10H2,(H,22,27)/t14-,16-,17+,18-,21+/m1/s1. The molecule has 0 saturated carbocycles. The Balaban J connectivity index is 1.85. The van der Waals surface area contributed by atoms with Gasteiger partial charge in [-0.05, 0) is 17.7 Å². The largest absolute Gasteiger partial charge is 0.460 e. The fourth-order valence-corrected chi connectivity index (χ4v) is 3.48. The number of hydrogen-bond acceptors (Lipinski definition) is 7. The third kappa shape index (κ3) is 3.52. The third-order valence-corrected chi connectivity index (χ3v) is 5.02. The van der Waals surface area contributed by atoms with Crippen molar-refractivity contribution in [1.82, 2.24) is 4.98 Å². The lowest BCUT2D eigenvalue weighted by atomic mass is 9.99. The highest BCUT2D eigenvalue weighted by molar-refractivity contribution is 5.92. The first kappa shape index (κ1) is 19.6. The summed E-state index contributed by atoms with van der Waals surface area (Å²) in [5.41, 5.74) is 0.964. The molecule has 2 heterocycles. The van der Waals surface area contributed by atoms with Crippen LogP contribution < -0.4 is 10.3 Å². The minimum absolute atomic E-state index is 0.167. The van der Waals surface area contributed by atoms with Crippen LogP contribution in [0.1, 0.15) is 0 Å². The van der Waals surface area contributed by atoms with Crippen LogP contribution in [0.5, 0.6) is 5.75 Å². The molecular formula is C21H21NO7. The van der Waals surface area contributed by atoms with Crippen molar-refractivity contribution in [2.45, 2.75) is 30.7 Å². The van der Waals surface area contributed by atoms with E-state index in [9.17, 15) is 25.2 Å². The molecule has 1 saturated heterocycles. The summed E-state index contributed by atoms with van der Waals surface area (Å²) in [4.78, 5) is 15.7. The SMILES string of the molecule is O=c1[nH]c2ccccc2c(O[C@@H]2O[C@H](CO)[C@@H](O)[C@H](O)[C@H]2O)c1-c1ccccc1. The zero-order valence-electron chi connectivity index (χ0n) is 15.3. The maximum atomic E-state index is 12.8. The van der Waals surface area contributed by atoms with Crippen LogP contribution in [-0.2, 0) is 4.74 Å². The monoisotopic (exact) mass is 399 g/mol. The average Bonchev–Trinajstić information content (AvgIpc) is 2.74. The molecule has 4 rings (SSSR count). The Morgan fingerprint density at radius 1 is 0.931 bits per heavy atom. The number of fused-ring (bicyclic) bond motifs is 1. The summed E-state index contributed by atoms with van der Waals surface area (Å²) in [6, 6.07) is 15.9. The first-order valence-electron chi connectivity index (χ1n) is 9.19. The van der Waals surface area contributed by atoms with Crippen LogP contribution in [0.4, 0.5) is 0 Å². The molecular weight excluding hydrogens is 378 g/mol. The molecule has 0 amide bonds. The van der Waals surface area contributed by atoms with E-state index >= 15 is 0 Å². The minimum atomic E-state index is -1.59. The molecule has 3 aromatic rings. The Morgan fingerprint density at radius 3 is 2.34 bits per heavy atom. The van der Waals surface area contributed by atoms with E-state index in [1.54, 1.807) is 48.5 Å². The van der Waals surface area contributed by atoms with Crippen molar-refractivity contribution in [1.29, 1.82) is 0 Å². The smallest absolute Gasteiger partial charge is 0.260 e. The van der Waals surface area contributed by atoms with Crippen molar-refractivity contribution in [3.63, 3.8) is 0 Å². The normalized spacial score (nSPS) is 27.1. The van der Waals surface area contributed by atoms with Gasteiger partial charge in [0.1, 0.15) is 30.2 Å². The first-order valence-corrected chi connectivity index (χ1v) is 9.19. The van der Waals surface area contributed by atoms with E-state index in [0.717, 1.165) is 0 Å². The summed E-state index contributed by atoms with van der Waals surface area (Å²) in [7, 11) is 0. The highest BCUT2D eigenvalue weighted by Gasteiger charge is 2.45. The van der Waals surface area contributed by atoms with Crippen molar-refractivity contribution in [2.75, 3.05) is 6.61 Å². The number of hydrogen-bond donors (Lipinski definition) is 5. The molecule has 0 radical (unpaired) electrons. The van der Waals surface area contributed by atoms with E-state index in [2.05, 4.69) is 4.98 Å². The molecule has 1 aliphatic heterocycles. The van der Waals surface area contributed by atoms with Crippen molar-refractivity contribution < 1.29 is 29.9 Å². The molecule has 1 aromatic heterocycles. The van der Waals surface area contributed by atoms with Gasteiger partial charge in [0.05, 0.1) is 17.7 Å². The van der Waals surface area contributed by atoms with Gasteiger partial charge >= 0.3 is 0 Å². The quantitative estimate of drug-likeness (QED) is 0.428. The molecule has 8 heteroatoms. The lowest BCUT2D eigenvalue weighted by Crippen LogP contribution is -2.60. The predicted molar refractivity (Wildman–Crippen MR) is 104 cm³/mol. The molecule has 152 valence electrons. The topological polar surface area (TPSA) is 132 Å². The summed E-state index contributed by atoms with van der Waals surface area (Å²) < 4.78 is 11.4. The van der Waals surface area contributed by atoms with Crippen LogP contribution in [0.3, 0.4) is 0 Å². The van der Waals surface area contributed by atoms with Gasteiger partial charge in [-0.15, -0.1) is 0 Å². The number of rotatable bonds is 4. The Morgan fingerprint density at radius 2 is 1.62 bits per heavy atom. The van der Waals surface area contributed by atoms with E-state index in [4.69, 9.17) is 9.47 Å². The lowest BCUT2D eigenvalue weighted by Gasteiger charge is -2.39. The van der Waals surface area contributed by atoms with Gasteiger partial charge in [-0.2, -0.15) is 0 Å². The maximum Gasteiger partial charge on any atom is 0.260 e. The number of para-hydroxylation sites is 1. The number of H-pyrrole nitrogens is 1. The van der Waals surface area contributed by atoms with Gasteiger partial charge in [-0.1, -0.05) is 42.5 Å². The molecule has 0 unspecified atom stereocenters. The molecule has 1 aliphatic rings. The highest BCUT2D eigenvalue weighted by atomic mass is 16.7. The zero-order valence-corrected chi connectivity index (χ0v) is 15.3. The number of aliphatic hydroxyl groups is 4. The van der Waals surface area contributed by atoms with Gasteiger partial charge in [-0.25, -0.2) is 0 Å². The van der Waals surface area contributed by atoms with E-state index in [1.165, 1.54) is 0 Å². The van der Waals surface area contributed by atoms with Gasteiger partial charge < -0.3 is 34.9 Å². The van der Waals surface area contributed by atoms with Crippen LogP contribution in [-0.4, -0.2) is 62.7 Å². The highest BCUT2D eigenvalue weighted by Crippen LogP contribution is 2.35. The fraction of sp³-hybridized carbons (Fsp3) is 0.286. The molecule has 8 nitrogen and oxygen atoms in total. The third-order valence-electron chi connectivity index (χ3n) is 5.02. The maximum absolute atomic E-state index is 12.8. The first-order chi connectivity index (χ1) is 14.0. The van der Waals surface area contributed by atoms with E-state index < -0.39 is 42.9 Å². The second kappa shape index (κ2) is 7.94. The molecule has 2 aromatic carbocycles. The summed E-state index contributed by atoms with van der Waals surface area (Å²) >= 11 is 0. The summed E-state index contributed by atoms with van der Waals surface area (Å²) in [5, 5.41) is 40.4. The Kier molecular flexibility index (Phi) is 5.35. The number of ether oxygens (including phenoxy) is 2. The fourth-order valence-electron chi connectivity index (χ4n) is 3.48. The molecule has 0 aliphatic carbocycles. The van der Waals surface area contributed by atoms with Crippen molar-refractivity contribution in [2.24, 2.45) is 0 Å². The minimum Gasteiger partial charge on any atom is -0.460 e. The van der Waals surface area contributed by atoms with Crippen LogP contribution in [0.25, 0.3) is 22.0 Å². The second-order valence-electron chi connectivity index (χ2n) is 6.88. The number of aromatic nitrogens is 1. The van der Waals surface area contributed by atoms with Crippen LogP contribution >= 0.6 is 0 Å². The molecule has 5 atom stereocenters. The van der Waals surface area contributed by atoms with Gasteiger partial charge in [0, 0.05) is 5.39 Å². The molecule has 0 spiro atoms. The lowest BCUT2D eigenvalue weighted by molar-refractivity contribution is -0.277. The number of aromatic amines is 1. The van der Waals surface area contributed by atoms with Crippen molar-refractivity contribution in [3.05, 3.63) is 65.0 Å². The van der Waals surface area contributed by atoms with E-state index in [1.807, 2.05) is 6.07 Å². The van der Waals surface area contributed by atoms with E-state index in [-0.39, 0.29) is 11.3 Å². The number of benzene rings is 2. The summed E-state index contributed by atoms with van der Waals surface area (Å²) in [5.74, 6) is 0.167. The Hall–Kier alpha value is -2.75. The molecule has 1 fully saturated rings. The van der Waals surface area contributed by atoms with Gasteiger partial charge in [0.15, 0.2) is 0 Å². The van der Waals surface area contributed by atoms with Crippen LogP contribution in [0, 0.1) is 0 Å². The molecule has 0 bridgehead atoms. The molecule has 29 heavy (non-hydrogen) atoms. The van der Waals surface area contributed by atoms with Crippen LogP contribution in [0.15, 0.2) is 59.4 Å². The van der Waals surface area contributed by atoms with Gasteiger partial charge in [-0.3, -0.25) is 4.79 Å². The predicted octanol–water partition coefficient (Wildman–Crippen LogP) is 0.374. The number of pyridine rings is 1. The molecule has 5 N–H and O–H groups in total. The Bertz CT molecular complexity index is 1050. The van der Waals surface area contributed by atoms with E-state index in [0.29, 0.717) is 16.5 Å². The van der Waals surface area contributed by atoms with Gasteiger partial charge in [0.2, 0.25) is 6.29 Å². The Labute approximate surface area is 165 Å². The number of nitrogens with one attached hydrogen (secondary N) is 1. The average molecular weight is 399 g/mol. The second-order valence-corrected chi connectivity index (χ2v) is 6.88. The summed E-state index contributed by atoms with van der Waals surface area (Å²) in [6.07, 6.45) is -7.20.